The quantitative estimate of drug-likeness (QED) is 0.769. The van der Waals surface area contributed by atoms with Crippen LogP contribution in [0.3, 0.4) is 0 Å². The summed E-state index contributed by atoms with van der Waals surface area (Å²) >= 11 is 0. The second-order valence-corrected chi connectivity index (χ2v) is 7.35. The summed E-state index contributed by atoms with van der Waals surface area (Å²) in [6.07, 6.45) is 7.00. The van der Waals surface area contributed by atoms with Crippen molar-refractivity contribution >= 4 is 17.6 Å². The van der Waals surface area contributed by atoms with Crippen LogP contribution in [0.15, 0.2) is 30.9 Å². The van der Waals surface area contributed by atoms with Crippen molar-refractivity contribution in [3.8, 4) is 0 Å². The Labute approximate surface area is 164 Å². The van der Waals surface area contributed by atoms with Crippen molar-refractivity contribution in [2.75, 3.05) is 67.2 Å². The van der Waals surface area contributed by atoms with E-state index in [4.69, 9.17) is 9.47 Å². The summed E-state index contributed by atoms with van der Waals surface area (Å²) in [4.78, 5) is 24.5. The molecule has 3 saturated heterocycles. The molecular weight excluding hydrogens is 358 g/mol. The lowest BCUT2D eigenvalue weighted by Gasteiger charge is -2.38. The van der Waals surface area contributed by atoms with E-state index in [1.807, 2.05) is 6.07 Å². The zero-order valence-electron chi connectivity index (χ0n) is 15.9. The summed E-state index contributed by atoms with van der Waals surface area (Å²) in [5.41, 5.74) is 0. The van der Waals surface area contributed by atoms with Crippen LogP contribution in [-0.2, 0) is 9.47 Å². The molecule has 0 bridgehead atoms. The number of nitrogens with zero attached hydrogens (tertiary/aromatic N) is 7. The van der Waals surface area contributed by atoms with Crippen LogP contribution >= 0.6 is 0 Å². The van der Waals surface area contributed by atoms with Gasteiger partial charge in [0.25, 0.3) is 0 Å². The molecular formula is C19H25N7O2. The molecule has 0 N–H and O–H groups in total. The van der Waals surface area contributed by atoms with Gasteiger partial charge in [-0.3, -0.25) is 0 Å². The van der Waals surface area contributed by atoms with Gasteiger partial charge < -0.3 is 24.2 Å². The van der Waals surface area contributed by atoms with E-state index in [0.29, 0.717) is 13.2 Å². The van der Waals surface area contributed by atoms with Crippen LogP contribution in [0.1, 0.15) is 12.8 Å². The highest BCUT2D eigenvalue weighted by atomic mass is 16.7. The number of aromatic nitrogens is 4. The van der Waals surface area contributed by atoms with Crippen molar-refractivity contribution in [3.63, 3.8) is 0 Å². The summed E-state index contributed by atoms with van der Waals surface area (Å²) in [7, 11) is 0. The van der Waals surface area contributed by atoms with Crippen LogP contribution in [0.4, 0.5) is 17.6 Å². The number of rotatable bonds is 3. The van der Waals surface area contributed by atoms with Gasteiger partial charge in [0.2, 0.25) is 5.95 Å². The normalized spacial score (nSPS) is 22.1. The van der Waals surface area contributed by atoms with Gasteiger partial charge in [0.15, 0.2) is 5.79 Å². The Morgan fingerprint density at radius 2 is 1.29 bits per heavy atom. The molecule has 3 fully saturated rings. The van der Waals surface area contributed by atoms with Gasteiger partial charge in [-0.1, -0.05) is 0 Å². The first-order valence-electron chi connectivity index (χ1n) is 9.93. The second kappa shape index (κ2) is 7.48. The molecule has 9 heteroatoms. The lowest BCUT2D eigenvalue weighted by atomic mass is 10.0. The van der Waals surface area contributed by atoms with E-state index in [1.54, 1.807) is 18.7 Å². The fourth-order valence-electron chi connectivity index (χ4n) is 4.14. The molecule has 3 aliphatic heterocycles. The standard InChI is InChI=1S/C19H25N7O2/c1-4-20-18(21-5-1)26-10-8-25(9-11-26)17-14-16(22-15-23-17)24-6-2-19(3-7-24)27-12-13-28-19/h1,4-5,14-15H,2-3,6-13H2. The summed E-state index contributed by atoms with van der Waals surface area (Å²) in [6, 6.07) is 3.94. The molecule has 0 radical (unpaired) electrons. The zero-order valence-corrected chi connectivity index (χ0v) is 15.9. The summed E-state index contributed by atoms with van der Waals surface area (Å²) in [5, 5.41) is 0. The van der Waals surface area contributed by atoms with Crippen LogP contribution in [0.25, 0.3) is 0 Å². The highest BCUT2D eigenvalue weighted by molar-refractivity contribution is 5.51. The topological polar surface area (TPSA) is 79.7 Å². The van der Waals surface area contributed by atoms with Crippen molar-refractivity contribution in [1.82, 2.24) is 19.9 Å². The lowest BCUT2D eigenvalue weighted by Crippen LogP contribution is -2.47. The van der Waals surface area contributed by atoms with Gasteiger partial charge in [0.1, 0.15) is 18.0 Å². The predicted molar refractivity (Wildman–Crippen MR) is 105 cm³/mol. The van der Waals surface area contributed by atoms with Crippen LogP contribution < -0.4 is 14.7 Å². The minimum atomic E-state index is -0.359. The molecule has 2 aromatic rings. The Hall–Kier alpha value is -2.52. The molecule has 5 heterocycles. The van der Waals surface area contributed by atoms with Crippen LogP contribution in [0.2, 0.25) is 0 Å². The van der Waals surface area contributed by atoms with Gasteiger partial charge in [-0.25, -0.2) is 19.9 Å². The van der Waals surface area contributed by atoms with Crippen LogP contribution in [-0.4, -0.2) is 78.2 Å². The fourth-order valence-corrected chi connectivity index (χ4v) is 4.14. The van der Waals surface area contributed by atoms with Crippen molar-refractivity contribution in [3.05, 3.63) is 30.9 Å². The number of piperazine rings is 1. The van der Waals surface area contributed by atoms with Crippen molar-refractivity contribution in [2.24, 2.45) is 0 Å². The average molecular weight is 383 g/mol. The average Bonchev–Trinajstić information content (AvgIpc) is 3.23. The molecule has 28 heavy (non-hydrogen) atoms. The number of hydrogen-bond acceptors (Lipinski definition) is 9. The first-order chi connectivity index (χ1) is 13.8. The lowest BCUT2D eigenvalue weighted by molar-refractivity contribution is -0.169. The van der Waals surface area contributed by atoms with Gasteiger partial charge in [0.05, 0.1) is 13.2 Å². The maximum Gasteiger partial charge on any atom is 0.225 e. The van der Waals surface area contributed by atoms with Gasteiger partial charge in [0, 0.05) is 70.6 Å². The summed E-state index contributed by atoms with van der Waals surface area (Å²) < 4.78 is 11.7. The van der Waals surface area contributed by atoms with E-state index in [1.165, 1.54) is 0 Å². The van der Waals surface area contributed by atoms with E-state index in [2.05, 4.69) is 40.7 Å². The Kier molecular flexibility index (Phi) is 4.69. The number of anilines is 3. The molecule has 148 valence electrons. The molecule has 5 rings (SSSR count). The number of ether oxygens (including phenoxy) is 2. The third-order valence-corrected chi connectivity index (χ3v) is 5.74. The molecule has 0 unspecified atom stereocenters. The molecule has 0 aromatic carbocycles. The van der Waals surface area contributed by atoms with E-state index < -0.39 is 0 Å². The Morgan fingerprint density at radius 1 is 0.714 bits per heavy atom. The predicted octanol–water partition coefficient (Wildman–Crippen LogP) is 0.936. The Bertz CT molecular complexity index is 782. The molecule has 0 amide bonds. The molecule has 9 nitrogen and oxygen atoms in total. The maximum absolute atomic E-state index is 5.83. The van der Waals surface area contributed by atoms with Gasteiger partial charge >= 0.3 is 0 Å². The van der Waals surface area contributed by atoms with Crippen LogP contribution in [0.5, 0.6) is 0 Å². The second-order valence-electron chi connectivity index (χ2n) is 7.35. The van der Waals surface area contributed by atoms with E-state index in [9.17, 15) is 0 Å². The Morgan fingerprint density at radius 3 is 1.93 bits per heavy atom. The SMILES string of the molecule is c1cnc(N2CCN(c3cc(N4CCC5(CC4)OCCO5)ncn3)CC2)nc1. The first-order valence-corrected chi connectivity index (χ1v) is 9.93. The largest absolute Gasteiger partial charge is 0.356 e. The minimum Gasteiger partial charge on any atom is -0.356 e. The molecule has 0 saturated carbocycles. The minimum absolute atomic E-state index is 0.359. The van der Waals surface area contributed by atoms with Gasteiger partial charge in [-0.05, 0) is 6.07 Å². The number of piperidine rings is 1. The molecule has 1 spiro atoms. The van der Waals surface area contributed by atoms with Crippen molar-refractivity contribution in [1.29, 1.82) is 0 Å². The highest BCUT2D eigenvalue weighted by Gasteiger charge is 2.40. The third-order valence-electron chi connectivity index (χ3n) is 5.74. The van der Waals surface area contributed by atoms with Gasteiger partial charge in [-0.2, -0.15) is 0 Å². The molecule has 0 aliphatic carbocycles. The first kappa shape index (κ1) is 17.6. The Balaban J connectivity index is 1.22. The number of hydrogen-bond donors (Lipinski definition) is 0. The smallest absolute Gasteiger partial charge is 0.225 e. The maximum atomic E-state index is 5.83. The van der Waals surface area contributed by atoms with Crippen LogP contribution in [0, 0.1) is 0 Å². The fraction of sp³-hybridized carbons (Fsp3) is 0.579. The molecule has 0 atom stereocenters. The molecule has 3 aliphatic rings. The van der Waals surface area contributed by atoms with E-state index in [-0.39, 0.29) is 5.79 Å². The zero-order chi connectivity index (χ0) is 18.8. The summed E-state index contributed by atoms with van der Waals surface area (Å²) in [5.74, 6) is 2.39. The van der Waals surface area contributed by atoms with Crippen molar-refractivity contribution < 1.29 is 9.47 Å². The van der Waals surface area contributed by atoms with E-state index in [0.717, 1.165) is 69.7 Å². The third kappa shape index (κ3) is 3.47. The summed E-state index contributed by atoms with van der Waals surface area (Å²) in [6.45, 7) is 6.72. The van der Waals surface area contributed by atoms with Crippen molar-refractivity contribution in [2.45, 2.75) is 18.6 Å². The van der Waals surface area contributed by atoms with E-state index >= 15 is 0 Å². The highest BCUT2D eigenvalue weighted by Crippen LogP contribution is 2.33. The monoisotopic (exact) mass is 383 g/mol. The van der Waals surface area contributed by atoms with Gasteiger partial charge in [-0.15, -0.1) is 0 Å². The molecule has 2 aromatic heterocycles.